The van der Waals surface area contributed by atoms with Gasteiger partial charge in [-0.3, -0.25) is 4.79 Å². The minimum atomic E-state index is -4.62. The van der Waals surface area contributed by atoms with E-state index >= 15 is 0 Å². The van der Waals surface area contributed by atoms with E-state index in [1.54, 1.807) is 0 Å². The van der Waals surface area contributed by atoms with Gasteiger partial charge in [-0.05, 0) is 0 Å². The van der Waals surface area contributed by atoms with E-state index in [4.69, 9.17) is 10.8 Å². The van der Waals surface area contributed by atoms with Gasteiger partial charge >= 0.3 is 12.3 Å². The predicted molar refractivity (Wildman–Crippen MR) is 66.6 cm³/mol. The Bertz CT molecular complexity index is 603. The number of fused-ring (bicyclic) bond motifs is 1. The van der Waals surface area contributed by atoms with Gasteiger partial charge in [0.05, 0.1) is 19.6 Å². The first-order valence-electron chi connectivity index (χ1n) is 6.56. The zero-order chi connectivity index (χ0) is 17.2. The fourth-order valence-corrected chi connectivity index (χ4v) is 2.21. The molecule has 3 N–H and O–H groups in total. The first kappa shape index (κ1) is 17.0. The zero-order valence-electron chi connectivity index (χ0n) is 11.8. The summed E-state index contributed by atoms with van der Waals surface area (Å²) >= 11 is 0. The summed E-state index contributed by atoms with van der Waals surface area (Å²) < 4.78 is 43.6. The van der Waals surface area contributed by atoms with Gasteiger partial charge in [-0.1, -0.05) is 0 Å². The lowest BCUT2D eigenvalue weighted by atomic mass is 10.2. The number of nitrogens with zero attached hydrogens (tertiary/aromatic N) is 4. The van der Waals surface area contributed by atoms with Crippen molar-refractivity contribution < 1.29 is 32.6 Å². The summed E-state index contributed by atoms with van der Waals surface area (Å²) in [6.07, 6.45) is -7.19. The second-order valence-corrected chi connectivity index (χ2v) is 4.85. The first-order valence-corrected chi connectivity index (χ1v) is 6.56. The van der Waals surface area contributed by atoms with Crippen LogP contribution in [0.15, 0.2) is 0 Å². The highest BCUT2D eigenvalue weighted by atomic mass is 19.4. The van der Waals surface area contributed by atoms with Crippen molar-refractivity contribution in [3.8, 4) is 0 Å². The fourth-order valence-electron chi connectivity index (χ4n) is 2.21. The standard InChI is InChI=1S/C11H14F3N5O4/c12-11(13,14)9-17-16-7-4-18(1-2-19(7)9)8(21)3-6(5-20)23-10(15)22/h6,20H,1-5H2,(H2,15,22). The molecule has 0 aromatic carbocycles. The molecule has 0 saturated heterocycles. The van der Waals surface area contributed by atoms with Gasteiger partial charge in [0.2, 0.25) is 11.7 Å². The average molecular weight is 337 g/mol. The second kappa shape index (κ2) is 6.40. The Morgan fingerprint density at radius 3 is 2.61 bits per heavy atom. The summed E-state index contributed by atoms with van der Waals surface area (Å²) in [7, 11) is 0. The highest BCUT2D eigenvalue weighted by Crippen LogP contribution is 2.29. The largest absolute Gasteiger partial charge is 0.451 e. The topological polar surface area (TPSA) is 124 Å². The zero-order valence-corrected chi connectivity index (χ0v) is 11.8. The molecule has 0 saturated carbocycles. The van der Waals surface area contributed by atoms with E-state index in [0.29, 0.717) is 0 Å². The van der Waals surface area contributed by atoms with Crippen molar-refractivity contribution in [1.29, 1.82) is 0 Å². The molecule has 0 spiro atoms. The van der Waals surface area contributed by atoms with E-state index in [1.165, 1.54) is 4.90 Å². The van der Waals surface area contributed by atoms with Gasteiger partial charge in [-0.2, -0.15) is 13.2 Å². The van der Waals surface area contributed by atoms with E-state index in [9.17, 15) is 22.8 Å². The van der Waals surface area contributed by atoms with E-state index in [0.717, 1.165) is 4.57 Å². The molecule has 1 aliphatic heterocycles. The highest BCUT2D eigenvalue weighted by Gasteiger charge is 2.40. The summed E-state index contributed by atoms with van der Waals surface area (Å²) in [6.45, 7) is -0.849. The number of nitrogens with two attached hydrogens (primary N) is 1. The fraction of sp³-hybridized carbons (Fsp3) is 0.636. The third-order valence-corrected chi connectivity index (χ3v) is 3.25. The smallest absolute Gasteiger partial charge is 0.443 e. The number of rotatable bonds is 4. The van der Waals surface area contributed by atoms with Gasteiger partial charge in [0.1, 0.15) is 6.10 Å². The number of hydrogen-bond donors (Lipinski definition) is 2. The summed E-state index contributed by atoms with van der Waals surface area (Å²) in [4.78, 5) is 23.9. The van der Waals surface area contributed by atoms with E-state index in [-0.39, 0.29) is 31.9 Å². The van der Waals surface area contributed by atoms with Crippen molar-refractivity contribution >= 4 is 12.0 Å². The van der Waals surface area contributed by atoms with Gasteiger partial charge in [0, 0.05) is 13.1 Å². The number of primary amides is 1. The molecule has 2 rings (SSSR count). The van der Waals surface area contributed by atoms with Crippen LogP contribution in [0.3, 0.4) is 0 Å². The molecule has 1 aliphatic rings. The molecule has 1 atom stereocenters. The van der Waals surface area contributed by atoms with Crippen LogP contribution in [-0.2, 0) is 28.8 Å². The molecule has 2 amide bonds. The van der Waals surface area contributed by atoms with Crippen LogP contribution in [0.2, 0.25) is 0 Å². The molecule has 9 nitrogen and oxygen atoms in total. The van der Waals surface area contributed by atoms with Crippen molar-refractivity contribution in [3.05, 3.63) is 11.6 Å². The molecule has 1 aromatic rings. The van der Waals surface area contributed by atoms with Gasteiger partial charge in [-0.25, -0.2) is 4.79 Å². The molecule has 1 unspecified atom stereocenters. The number of halogens is 3. The Labute approximate surface area is 127 Å². The number of aromatic nitrogens is 3. The van der Waals surface area contributed by atoms with Gasteiger partial charge in [0.15, 0.2) is 5.82 Å². The monoisotopic (exact) mass is 337 g/mol. The average Bonchev–Trinajstić information content (AvgIpc) is 2.88. The van der Waals surface area contributed by atoms with Crippen LogP contribution in [0.4, 0.5) is 18.0 Å². The van der Waals surface area contributed by atoms with Crippen LogP contribution in [0, 0.1) is 0 Å². The maximum Gasteiger partial charge on any atom is 0.451 e. The number of hydrogen-bond acceptors (Lipinski definition) is 6. The number of carbonyl (C=O) groups excluding carboxylic acids is 2. The van der Waals surface area contributed by atoms with Crippen molar-refractivity contribution in [3.63, 3.8) is 0 Å². The minimum absolute atomic E-state index is 0.00768. The molecular formula is C11H14F3N5O4. The van der Waals surface area contributed by atoms with Crippen LogP contribution < -0.4 is 5.73 Å². The molecule has 12 heteroatoms. The van der Waals surface area contributed by atoms with Crippen LogP contribution in [-0.4, -0.2) is 56.0 Å². The maximum atomic E-state index is 12.7. The Hall–Kier alpha value is -2.37. The molecule has 2 heterocycles. The van der Waals surface area contributed by atoms with Crippen molar-refractivity contribution in [2.75, 3.05) is 13.2 Å². The summed E-state index contributed by atoms with van der Waals surface area (Å²) in [6, 6.07) is 0. The summed E-state index contributed by atoms with van der Waals surface area (Å²) in [5.74, 6) is -1.61. The molecule has 0 radical (unpaired) electrons. The quantitative estimate of drug-likeness (QED) is 0.762. The summed E-state index contributed by atoms with van der Waals surface area (Å²) in [5, 5.41) is 15.6. The van der Waals surface area contributed by atoms with Gasteiger partial charge in [-0.15, -0.1) is 10.2 Å². The third-order valence-electron chi connectivity index (χ3n) is 3.25. The molecule has 128 valence electrons. The summed E-state index contributed by atoms with van der Waals surface area (Å²) in [5.41, 5.74) is 4.80. The van der Waals surface area contributed by atoms with Crippen LogP contribution >= 0.6 is 0 Å². The van der Waals surface area contributed by atoms with Gasteiger partial charge in [0.25, 0.3) is 0 Å². The van der Waals surface area contributed by atoms with Crippen molar-refractivity contribution in [2.24, 2.45) is 5.73 Å². The Morgan fingerprint density at radius 2 is 2.04 bits per heavy atom. The Morgan fingerprint density at radius 1 is 1.35 bits per heavy atom. The van der Waals surface area contributed by atoms with Crippen molar-refractivity contribution in [1.82, 2.24) is 19.7 Å². The Balaban J connectivity index is 2.03. The molecule has 1 aromatic heterocycles. The SMILES string of the molecule is NC(=O)OC(CO)CC(=O)N1CCn2c(nnc2C(F)(F)F)C1. The predicted octanol–water partition coefficient (Wildman–Crippen LogP) is -0.515. The number of ether oxygens (including phenoxy) is 1. The van der Waals surface area contributed by atoms with E-state index < -0.39 is 36.7 Å². The van der Waals surface area contributed by atoms with Crippen LogP contribution in [0.5, 0.6) is 0 Å². The lowest BCUT2D eigenvalue weighted by Gasteiger charge is -2.29. The molecule has 23 heavy (non-hydrogen) atoms. The first-order chi connectivity index (χ1) is 10.7. The number of carbonyl (C=O) groups is 2. The number of aliphatic hydroxyl groups is 1. The Kier molecular flexibility index (Phi) is 4.73. The van der Waals surface area contributed by atoms with Crippen molar-refractivity contribution in [2.45, 2.75) is 31.8 Å². The minimum Gasteiger partial charge on any atom is -0.443 e. The van der Waals surface area contributed by atoms with Gasteiger partial charge < -0.3 is 25.0 Å². The van der Waals surface area contributed by atoms with E-state index in [2.05, 4.69) is 14.9 Å². The number of amides is 2. The lowest BCUT2D eigenvalue weighted by Crippen LogP contribution is -2.41. The van der Waals surface area contributed by atoms with E-state index in [1.807, 2.05) is 0 Å². The molecule has 0 fully saturated rings. The molecule has 0 bridgehead atoms. The van der Waals surface area contributed by atoms with Crippen LogP contribution in [0.1, 0.15) is 18.1 Å². The second-order valence-electron chi connectivity index (χ2n) is 4.85. The number of alkyl halides is 3. The number of aliphatic hydroxyl groups excluding tert-OH is 1. The molecular weight excluding hydrogens is 323 g/mol. The highest BCUT2D eigenvalue weighted by molar-refractivity contribution is 5.77. The third kappa shape index (κ3) is 3.88. The lowest BCUT2D eigenvalue weighted by molar-refractivity contribution is -0.148. The maximum absolute atomic E-state index is 12.7. The molecule has 0 aliphatic carbocycles. The normalized spacial score (nSPS) is 15.9. The van der Waals surface area contributed by atoms with Crippen LogP contribution in [0.25, 0.3) is 0 Å².